The molecule has 4 nitrogen and oxygen atoms in total. The number of piperidine rings is 1. The van der Waals surface area contributed by atoms with Crippen molar-refractivity contribution in [3.05, 3.63) is 50.7 Å². The molecule has 0 bridgehead atoms. The van der Waals surface area contributed by atoms with Gasteiger partial charge in [-0.3, -0.25) is 9.69 Å². The van der Waals surface area contributed by atoms with Crippen molar-refractivity contribution >= 4 is 17.6 Å². The molecule has 0 amide bonds. The summed E-state index contributed by atoms with van der Waals surface area (Å²) in [5.41, 5.74) is -0.313. The minimum atomic E-state index is -4.79. The second-order valence-corrected chi connectivity index (χ2v) is 8.25. The molecular weight excluding hydrogens is 396 g/mol. The van der Waals surface area contributed by atoms with Crippen LogP contribution >= 0.6 is 11.3 Å². The number of ether oxygens (including phenoxy) is 1. The number of aldehydes is 1. The number of hydrogen-bond donors (Lipinski definition) is 0. The monoisotopic (exact) mass is 414 g/mol. The van der Waals surface area contributed by atoms with Crippen molar-refractivity contribution in [3.63, 3.8) is 0 Å². The van der Waals surface area contributed by atoms with E-state index < -0.39 is 23.3 Å². The molecule has 0 unspecified atom stereocenters. The van der Waals surface area contributed by atoms with Crippen LogP contribution < -0.4 is 0 Å². The zero-order valence-corrected chi connectivity index (χ0v) is 15.7. The lowest BCUT2D eigenvalue weighted by Gasteiger charge is -2.43. The van der Waals surface area contributed by atoms with Crippen molar-refractivity contribution in [3.8, 4) is 0 Å². The molecular formula is C19H18F4N2O2S. The van der Waals surface area contributed by atoms with Gasteiger partial charge in [-0.1, -0.05) is 0 Å². The summed E-state index contributed by atoms with van der Waals surface area (Å²) in [6.45, 7) is 2.26. The van der Waals surface area contributed by atoms with Gasteiger partial charge in [0.25, 0.3) is 0 Å². The Morgan fingerprint density at radius 1 is 1.29 bits per heavy atom. The Morgan fingerprint density at radius 2 is 2.04 bits per heavy atom. The average Bonchev–Trinajstić information content (AvgIpc) is 3.08. The summed E-state index contributed by atoms with van der Waals surface area (Å²) in [6.07, 6.45) is -0.622. The van der Waals surface area contributed by atoms with E-state index >= 15 is 0 Å². The molecule has 1 saturated heterocycles. The van der Waals surface area contributed by atoms with Crippen molar-refractivity contribution in [2.75, 3.05) is 19.7 Å². The maximum absolute atomic E-state index is 13.7. The highest BCUT2D eigenvalue weighted by molar-refractivity contribution is 7.14. The molecule has 1 spiro atoms. The van der Waals surface area contributed by atoms with Crippen molar-refractivity contribution in [1.29, 1.82) is 0 Å². The number of aromatic nitrogens is 1. The van der Waals surface area contributed by atoms with Crippen LogP contribution in [0.3, 0.4) is 0 Å². The molecule has 2 aromatic heterocycles. The zero-order chi connectivity index (χ0) is 19.9. The van der Waals surface area contributed by atoms with Gasteiger partial charge in [-0.2, -0.15) is 13.2 Å². The van der Waals surface area contributed by atoms with Gasteiger partial charge in [0.15, 0.2) is 17.8 Å². The number of alkyl halides is 3. The van der Waals surface area contributed by atoms with Crippen LogP contribution in [0.4, 0.5) is 17.6 Å². The first-order chi connectivity index (χ1) is 13.3. The molecule has 28 heavy (non-hydrogen) atoms. The fourth-order valence-corrected chi connectivity index (χ4v) is 5.20. The standard InChI is InChI=1S/C19H18F4N2O2S/c20-15-7-12(9-24-16(15)19(21,22)23)10-25-4-2-18(3-5-25)17-13(1-6-27-18)8-14(11-26)28-17/h7-9,11H,1-6,10H2. The Labute approximate surface area is 163 Å². The summed E-state index contributed by atoms with van der Waals surface area (Å²) < 4.78 is 57.8. The fraction of sp³-hybridized carbons (Fsp3) is 0.474. The van der Waals surface area contributed by atoms with E-state index in [4.69, 9.17) is 4.74 Å². The third kappa shape index (κ3) is 3.58. The number of thiophene rings is 1. The summed E-state index contributed by atoms with van der Waals surface area (Å²) in [7, 11) is 0. The molecule has 2 aliphatic heterocycles. The summed E-state index contributed by atoms with van der Waals surface area (Å²) in [4.78, 5) is 18.2. The summed E-state index contributed by atoms with van der Waals surface area (Å²) >= 11 is 1.47. The molecule has 9 heteroatoms. The Kier molecular flexibility index (Phi) is 5.01. The molecule has 2 aliphatic rings. The normalized spacial score (nSPS) is 19.6. The van der Waals surface area contributed by atoms with E-state index in [9.17, 15) is 22.4 Å². The first-order valence-corrected chi connectivity index (χ1v) is 9.79. The van der Waals surface area contributed by atoms with Gasteiger partial charge in [-0.25, -0.2) is 9.37 Å². The van der Waals surface area contributed by atoms with E-state index in [1.165, 1.54) is 16.9 Å². The lowest BCUT2D eigenvalue weighted by Crippen LogP contribution is -2.45. The van der Waals surface area contributed by atoms with Gasteiger partial charge < -0.3 is 4.74 Å². The molecule has 0 aliphatic carbocycles. The third-order valence-electron chi connectivity index (χ3n) is 5.34. The Balaban J connectivity index is 1.45. The maximum Gasteiger partial charge on any atom is 0.436 e. The number of carbonyl (C=O) groups excluding carboxylic acids is 1. The number of hydrogen-bond acceptors (Lipinski definition) is 5. The lowest BCUT2D eigenvalue weighted by molar-refractivity contribution is -0.143. The molecule has 2 aromatic rings. The first kappa shape index (κ1) is 19.5. The van der Waals surface area contributed by atoms with E-state index in [0.717, 1.165) is 42.7 Å². The number of likely N-dealkylation sites (tertiary alicyclic amines) is 1. The Hall–Kier alpha value is -1.84. The van der Waals surface area contributed by atoms with Crippen molar-refractivity contribution in [2.24, 2.45) is 0 Å². The van der Waals surface area contributed by atoms with Gasteiger partial charge >= 0.3 is 6.18 Å². The van der Waals surface area contributed by atoms with Crippen LogP contribution in [-0.4, -0.2) is 35.9 Å². The van der Waals surface area contributed by atoms with E-state index in [2.05, 4.69) is 9.88 Å². The largest absolute Gasteiger partial charge is 0.436 e. The zero-order valence-electron chi connectivity index (χ0n) is 14.9. The van der Waals surface area contributed by atoms with Gasteiger partial charge in [0.2, 0.25) is 0 Å². The van der Waals surface area contributed by atoms with Crippen LogP contribution in [0.5, 0.6) is 0 Å². The molecule has 4 heterocycles. The average molecular weight is 414 g/mol. The molecule has 150 valence electrons. The second-order valence-electron chi connectivity index (χ2n) is 7.16. The van der Waals surface area contributed by atoms with Gasteiger partial charge in [0.1, 0.15) is 5.60 Å². The van der Waals surface area contributed by atoms with Crippen molar-refractivity contribution in [2.45, 2.75) is 37.6 Å². The van der Waals surface area contributed by atoms with Crippen LogP contribution in [0.25, 0.3) is 0 Å². The molecule has 0 atom stereocenters. The van der Waals surface area contributed by atoms with Crippen LogP contribution in [-0.2, 0) is 29.5 Å². The van der Waals surface area contributed by atoms with E-state index in [0.29, 0.717) is 36.7 Å². The van der Waals surface area contributed by atoms with Crippen LogP contribution in [0.1, 0.15) is 44.2 Å². The highest BCUT2D eigenvalue weighted by Crippen LogP contribution is 2.45. The minimum Gasteiger partial charge on any atom is -0.369 e. The number of nitrogens with zero attached hydrogens (tertiary/aromatic N) is 2. The van der Waals surface area contributed by atoms with Crippen molar-refractivity contribution in [1.82, 2.24) is 9.88 Å². The Morgan fingerprint density at radius 3 is 2.68 bits per heavy atom. The quantitative estimate of drug-likeness (QED) is 0.558. The highest BCUT2D eigenvalue weighted by atomic mass is 32.1. The van der Waals surface area contributed by atoms with Gasteiger partial charge in [0, 0.05) is 30.7 Å². The lowest BCUT2D eigenvalue weighted by atomic mass is 9.85. The molecule has 0 aromatic carbocycles. The SMILES string of the molecule is O=Cc1cc2c(s1)C1(CCN(Cc3cnc(C(F)(F)F)c(F)c3)CC1)OCC2. The second kappa shape index (κ2) is 7.20. The number of pyridine rings is 1. The third-order valence-corrected chi connectivity index (χ3v) is 6.63. The Bertz CT molecular complexity index is 889. The summed E-state index contributed by atoms with van der Waals surface area (Å²) in [6, 6.07) is 2.84. The highest BCUT2D eigenvalue weighted by Gasteiger charge is 2.42. The predicted octanol–water partition coefficient (Wildman–Crippen LogP) is 4.18. The molecule has 0 N–H and O–H groups in total. The van der Waals surface area contributed by atoms with E-state index in [-0.39, 0.29) is 0 Å². The van der Waals surface area contributed by atoms with Crippen LogP contribution in [0.15, 0.2) is 18.3 Å². The molecule has 1 fully saturated rings. The summed E-state index contributed by atoms with van der Waals surface area (Å²) in [5.74, 6) is -1.35. The number of carbonyl (C=O) groups is 1. The molecule has 0 radical (unpaired) electrons. The van der Waals surface area contributed by atoms with Gasteiger partial charge in [0.05, 0.1) is 11.5 Å². The molecule has 0 saturated carbocycles. The smallest absolute Gasteiger partial charge is 0.369 e. The summed E-state index contributed by atoms with van der Waals surface area (Å²) in [5, 5.41) is 0. The topological polar surface area (TPSA) is 42.4 Å². The fourth-order valence-electron chi connectivity index (χ4n) is 3.98. The van der Waals surface area contributed by atoms with Crippen LogP contribution in [0, 0.1) is 5.82 Å². The number of rotatable bonds is 3. The number of halogens is 4. The number of fused-ring (bicyclic) bond motifs is 2. The van der Waals surface area contributed by atoms with E-state index in [1.807, 2.05) is 6.07 Å². The molecule has 4 rings (SSSR count). The first-order valence-electron chi connectivity index (χ1n) is 8.97. The minimum absolute atomic E-state index is 0.328. The van der Waals surface area contributed by atoms with Crippen molar-refractivity contribution < 1.29 is 27.1 Å². The van der Waals surface area contributed by atoms with Gasteiger partial charge in [-0.15, -0.1) is 11.3 Å². The van der Waals surface area contributed by atoms with Crippen LogP contribution in [0.2, 0.25) is 0 Å². The van der Waals surface area contributed by atoms with E-state index in [1.54, 1.807) is 0 Å². The van der Waals surface area contributed by atoms with Gasteiger partial charge in [-0.05, 0) is 42.5 Å². The predicted molar refractivity (Wildman–Crippen MR) is 94.7 cm³/mol. The maximum atomic E-state index is 13.7.